The highest BCUT2D eigenvalue weighted by Crippen LogP contribution is 2.21. The molecule has 21 heavy (non-hydrogen) atoms. The summed E-state index contributed by atoms with van der Waals surface area (Å²) >= 11 is 0. The largest absolute Gasteiger partial charge is 0.479 e. The molecule has 1 aromatic rings. The van der Waals surface area contributed by atoms with Crippen molar-refractivity contribution in [3.63, 3.8) is 0 Å². The first kappa shape index (κ1) is 16.4. The summed E-state index contributed by atoms with van der Waals surface area (Å²) in [7, 11) is 1.09. The molecule has 114 valence electrons. The molecule has 0 aromatic heterocycles. The normalized spacial score (nSPS) is 11.8. The Morgan fingerprint density at radius 2 is 2.05 bits per heavy atom. The number of aliphatic carboxylic acids is 1. The second-order valence-electron chi connectivity index (χ2n) is 3.81. The summed E-state index contributed by atoms with van der Waals surface area (Å²) in [5.74, 6) is -5.21. The van der Waals surface area contributed by atoms with Gasteiger partial charge in [0.15, 0.2) is 6.10 Å². The average molecular weight is 304 g/mol. The fourth-order valence-corrected chi connectivity index (χ4v) is 1.40. The zero-order valence-electron chi connectivity index (χ0n) is 10.6. The average Bonchev–Trinajstić information content (AvgIpc) is 2.38. The maximum atomic E-state index is 13.4. The first-order valence-corrected chi connectivity index (χ1v) is 5.45. The van der Waals surface area contributed by atoms with E-state index < -0.39 is 52.3 Å². The van der Waals surface area contributed by atoms with Crippen molar-refractivity contribution >= 4 is 17.6 Å². The monoisotopic (exact) mass is 304 g/mol. The molecular weight excluding hydrogens is 294 g/mol. The van der Waals surface area contributed by atoms with E-state index in [1.807, 2.05) is 5.32 Å². The standard InChI is InChI=1S/C11H10F2N2O6/c1-21-9(11(17)18)4-14-10(16)5-2-8(15(19)20)7(13)3-6(5)12/h2-3,9H,4H2,1H3,(H,14,16)(H,17,18). The molecule has 0 heterocycles. The van der Waals surface area contributed by atoms with Crippen LogP contribution in [0.1, 0.15) is 10.4 Å². The van der Waals surface area contributed by atoms with Gasteiger partial charge in [-0.1, -0.05) is 0 Å². The van der Waals surface area contributed by atoms with Gasteiger partial charge in [0.1, 0.15) is 5.82 Å². The Balaban J connectivity index is 2.95. The maximum absolute atomic E-state index is 13.4. The van der Waals surface area contributed by atoms with E-state index >= 15 is 0 Å². The molecule has 0 fully saturated rings. The number of methoxy groups -OCH3 is 1. The molecule has 2 N–H and O–H groups in total. The zero-order valence-corrected chi connectivity index (χ0v) is 10.6. The third kappa shape index (κ3) is 3.92. The third-order valence-corrected chi connectivity index (χ3v) is 2.49. The summed E-state index contributed by atoms with van der Waals surface area (Å²) < 4.78 is 31.1. The summed E-state index contributed by atoms with van der Waals surface area (Å²) in [6.45, 7) is -0.491. The Kier molecular flexibility index (Phi) is 5.24. The lowest BCUT2D eigenvalue weighted by molar-refractivity contribution is -0.387. The number of carbonyl (C=O) groups is 2. The molecule has 1 aromatic carbocycles. The predicted octanol–water partition coefficient (Wildman–Crippen LogP) is 0.702. The van der Waals surface area contributed by atoms with Crippen molar-refractivity contribution < 1.29 is 33.1 Å². The van der Waals surface area contributed by atoms with E-state index in [-0.39, 0.29) is 6.07 Å². The quantitative estimate of drug-likeness (QED) is 0.590. The smallest absolute Gasteiger partial charge is 0.334 e. The van der Waals surface area contributed by atoms with E-state index in [4.69, 9.17) is 5.11 Å². The van der Waals surface area contributed by atoms with Gasteiger partial charge >= 0.3 is 11.7 Å². The molecule has 10 heteroatoms. The van der Waals surface area contributed by atoms with Gasteiger partial charge in [-0.2, -0.15) is 4.39 Å². The molecule has 0 aliphatic carbocycles. The highest BCUT2D eigenvalue weighted by Gasteiger charge is 2.24. The van der Waals surface area contributed by atoms with E-state index in [9.17, 15) is 28.5 Å². The van der Waals surface area contributed by atoms with Crippen molar-refractivity contribution in [3.8, 4) is 0 Å². The minimum Gasteiger partial charge on any atom is -0.479 e. The molecule has 0 bridgehead atoms. The van der Waals surface area contributed by atoms with Crippen molar-refractivity contribution in [2.75, 3.05) is 13.7 Å². The van der Waals surface area contributed by atoms with Crippen LogP contribution >= 0.6 is 0 Å². The summed E-state index contributed by atoms with van der Waals surface area (Å²) in [5.41, 5.74) is -1.84. The third-order valence-electron chi connectivity index (χ3n) is 2.49. The molecule has 1 amide bonds. The van der Waals surface area contributed by atoms with Crippen molar-refractivity contribution in [2.24, 2.45) is 0 Å². The van der Waals surface area contributed by atoms with Gasteiger partial charge in [0.05, 0.1) is 17.0 Å². The molecule has 1 rings (SSSR count). The lowest BCUT2D eigenvalue weighted by atomic mass is 10.1. The molecule has 0 radical (unpaired) electrons. The van der Waals surface area contributed by atoms with E-state index in [0.717, 1.165) is 7.11 Å². The number of amides is 1. The number of carboxylic acid groups (broad SMARTS) is 1. The van der Waals surface area contributed by atoms with Crippen LogP contribution in [-0.2, 0) is 9.53 Å². The van der Waals surface area contributed by atoms with Gasteiger partial charge in [0, 0.05) is 19.2 Å². The van der Waals surface area contributed by atoms with Crippen LogP contribution in [0.2, 0.25) is 0 Å². The number of nitrogens with zero attached hydrogens (tertiary/aromatic N) is 1. The minimum absolute atomic E-state index is 0.206. The Hall–Kier alpha value is -2.62. The number of hydrogen-bond donors (Lipinski definition) is 2. The molecule has 0 aliphatic rings. The molecule has 0 spiro atoms. The molecule has 8 nitrogen and oxygen atoms in total. The second-order valence-corrected chi connectivity index (χ2v) is 3.81. The summed E-state index contributed by atoms with van der Waals surface area (Å²) in [6.07, 6.45) is -1.37. The van der Waals surface area contributed by atoms with E-state index in [1.54, 1.807) is 0 Å². The lowest BCUT2D eigenvalue weighted by Gasteiger charge is -2.11. The van der Waals surface area contributed by atoms with Crippen LogP contribution in [0.15, 0.2) is 12.1 Å². The SMILES string of the molecule is COC(CNC(=O)c1cc([N+](=O)[O-])c(F)cc1F)C(=O)O. The molecular formula is C11H10F2N2O6. The van der Waals surface area contributed by atoms with Crippen molar-refractivity contribution in [2.45, 2.75) is 6.10 Å². The van der Waals surface area contributed by atoms with Crippen LogP contribution in [0.3, 0.4) is 0 Å². The first-order chi connectivity index (χ1) is 9.77. The molecule has 0 aliphatic heterocycles. The van der Waals surface area contributed by atoms with Gasteiger partial charge in [-0.05, 0) is 0 Å². The first-order valence-electron chi connectivity index (χ1n) is 5.45. The van der Waals surface area contributed by atoms with Crippen molar-refractivity contribution in [1.82, 2.24) is 5.32 Å². The van der Waals surface area contributed by atoms with Crippen LogP contribution in [0.4, 0.5) is 14.5 Å². The predicted molar refractivity (Wildman–Crippen MR) is 63.8 cm³/mol. The number of ether oxygens (including phenoxy) is 1. The topological polar surface area (TPSA) is 119 Å². The summed E-state index contributed by atoms with van der Waals surface area (Å²) in [6, 6.07) is 0.640. The molecule has 0 saturated heterocycles. The number of nitrogens with one attached hydrogen (secondary N) is 1. The maximum Gasteiger partial charge on any atom is 0.334 e. The van der Waals surface area contributed by atoms with Gasteiger partial charge in [-0.15, -0.1) is 0 Å². The number of nitro benzene ring substituents is 1. The highest BCUT2D eigenvalue weighted by molar-refractivity contribution is 5.95. The zero-order chi connectivity index (χ0) is 16.2. The molecule has 1 unspecified atom stereocenters. The lowest BCUT2D eigenvalue weighted by Crippen LogP contribution is -2.38. The number of benzene rings is 1. The molecule has 1 atom stereocenters. The van der Waals surface area contributed by atoms with E-state index in [0.29, 0.717) is 6.07 Å². The Bertz CT molecular complexity index is 592. The van der Waals surface area contributed by atoms with E-state index in [1.165, 1.54) is 0 Å². The number of carboxylic acids is 1. The summed E-state index contributed by atoms with van der Waals surface area (Å²) in [5, 5.41) is 21.2. The van der Waals surface area contributed by atoms with Gasteiger partial charge < -0.3 is 15.2 Å². The molecule has 0 saturated carbocycles. The van der Waals surface area contributed by atoms with Crippen LogP contribution in [0.25, 0.3) is 0 Å². The van der Waals surface area contributed by atoms with Gasteiger partial charge in [-0.3, -0.25) is 14.9 Å². The Morgan fingerprint density at radius 1 is 1.43 bits per heavy atom. The number of hydrogen-bond acceptors (Lipinski definition) is 5. The Morgan fingerprint density at radius 3 is 2.52 bits per heavy atom. The van der Waals surface area contributed by atoms with Crippen molar-refractivity contribution in [3.05, 3.63) is 39.4 Å². The fraction of sp³-hybridized carbons (Fsp3) is 0.273. The number of carbonyl (C=O) groups excluding carboxylic acids is 1. The number of rotatable bonds is 6. The second kappa shape index (κ2) is 6.70. The van der Waals surface area contributed by atoms with E-state index in [2.05, 4.69) is 4.74 Å². The number of nitro groups is 1. The van der Waals surface area contributed by atoms with Gasteiger partial charge in [-0.25, -0.2) is 9.18 Å². The Labute approximate surface area is 116 Å². The minimum atomic E-state index is -1.42. The van der Waals surface area contributed by atoms with Gasteiger partial charge in [0.2, 0.25) is 5.82 Å². The van der Waals surface area contributed by atoms with Crippen LogP contribution in [0, 0.1) is 21.7 Å². The van der Waals surface area contributed by atoms with Crippen LogP contribution < -0.4 is 5.32 Å². The fourth-order valence-electron chi connectivity index (χ4n) is 1.40. The van der Waals surface area contributed by atoms with Crippen LogP contribution in [-0.4, -0.2) is 41.7 Å². The van der Waals surface area contributed by atoms with Gasteiger partial charge in [0.25, 0.3) is 5.91 Å². The van der Waals surface area contributed by atoms with Crippen LogP contribution in [0.5, 0.6) is 0 Å². The van der Waals surface area contributed by atoms with Crippen molar-refractivity contribution in [1.29, 1.82) is 0 Å². The highest BCUT2D eigenvalue weighted by atomic mass is 19.1. The number of halogens is 2. The summed E-state index contributed by atoms with van der Waals surface area (Å²) in [4.78, 5) is 31.7.